The van der Waals surface area contributed by atoms with Gasteiger partial charge < -0.3 is 24.8 Å². The molecule has 7 heteroatoms. The average molecular weight is 402 g/mol. The van der Waals surface area contributed by atoms with Crippen LogP contribution in [0.25, 0.3) is 0 Å². The van der Waals surface area contributed by atoms with Gasteiger partial charge in [-0.3, -0.25) is 4.79 Å². The fourth-order valence-corrected chi connectivity index (χ4v) is 2.87. The van der Waals surface area contributed by atoms with Crippen LogP contribution < -0.4 is 9.47 Å². The van der Waals surface area contributed by atoms with Crippen LogP contribution in [-0.4, -0.2) is 40.3 Å². The summed E-state index contributed by atoms with van der Waals surface area (Å²) in [6.07, 6.45) is 2.24. The molecule has 0 heterocycles. The van der Waals surface area contributed by atoms with E-state index >= 15 is 0 Å². The van der Waals surface area contributed by atoms with Gasteiger partial charge in [0.05, 0.1) is 18.8 Å². The predicted molar refractivity (Wildman–Crippen MR) is 107 cm³/mol. The first-order valence-electron chi connectivity index (χ1n) is 9.58. The number of hydrogen-bond acceptors (Lipinski definition) is 6. The molecule has 0 saturated heterocycles. The largest absolute Gasteiger partial charge is 0.507 e. The highest BCUT2D eigenvalue weighted by molar-refractivity contribution is 5.99. The Labute approximate surface area is 169 Å². The minimum Gasteiger partial charge on any atom is -0.507 e. The van der Waals surface area contributed by atoms with Gasteiger partial charge in [0.1, 0.15) is 28.6 Å². The van der Waals surface area contributed by atoms with Gasteiger partial charge in [0.2, 0.25) is 0 Å². The third kappa shape index (κ3) is 5.63. The second kappa shape index (κ2) is 10.4. The van der Waals surface area contributed by atoms with E-state index in [0.717, 1.165) is 6.42 Å². The Morgan fingerprint density at radius 3 is 2.28 bits per heavy atom. The number of carboxylic acid groups (broad SMARTS) is 1. The van der Waals surface area contributed by atoms with Crippen molar-refractivity contribution < 1.29 is 34.4 Å². The van der Waals surface area contributed by atoms with Crippen LogP contribution in [0.5, 0.6) is 23.0 Å². The van der Waals surface area contributed by atoms with Crippen molar-refractivity contribution in [3.63, 3.8) is 0 Å². The first-order valence-corrected chi connectivity index (χ1v) is 9.58. The molecule has 2 rings (SSSR count). The maximum absolute atomic E-state index is 12.0. The Kier molecular flexibility index (Phi) is 7.88. The van der Waals surface area contributed by atoms with Crippen molar-refractivity contribution in [2.75, 3.05) is 13.2 Å². The number of ketones is 1. The smallest absolute Gasteiger partial charge is 0.339 e. The highest BCUT2D eigenvalue weighted by atomic mass is 16.5. The zero-order valence-electron chi connectivity index (χ0n) is 16.6. The van der Waals surface area contributed by atoms with E-state index in [1.165, 1.54) is 18.2 Å². The van der Waals surface area contributed by atoms with Crippen LogP contribution >= 0.6 is 0 Å². The predicted octanol–water partition coefficient (Wildman–Crippen LogP) is 4.19. The Bertz CT molecular complexity index is 874. The van der Waals surface area contributed by atoms with Crippen molar-refractivity contribution >= 4 is 11.8 Å². The summed E-state index contributed by atoms with van der Waals surface area (Å²) in [7, 11) is 0. The number of phenols is 2. The van der Waals surface area contributed by atoms with Crippen molar-refractivity contribution in [3.05, 3.63) is 47.0 Å². The third-order valence-corrected chi connectivity index (χ3v) is 4.38. The van der Waals surface area contributed by atoms with E-state index in [1.807, 2.05) is 6.92 Å². The number of Topliss-reactive ketones (excluding diaryl/α,β-unsaturated/α-hetero) is 1. The van der Waals surface area contributed by atoms with Crippen LogP contribution in [0.3, 0.4) is 0 Å². The van der Waals surface area contributed by atoms with Crippen LogP contribution in [0.4, 0.5) is 0 Å². The monoisotopic (exact) mass is 402 g/mol. The van der Waals surface area contributed by atoms with E-state index in [-0.39, 0.29) is 22.8 Å². The summed E-state index contributed by atoms with van der Waals surface area (Å²) in [4.78, 5) is 22.8. The molecule has 29 heavy (non-hydrogen) atoms. The molecule has 2 aromatic rings. The van der Waals surface area contributed by atoms with Crippen molar-refractivity contribution in [1.82, 2.24) is 0 Å². The lowest BCUT2D eigenvalue weighted by Gasteiger charge is -2.15. The van der Waals surface area contributed by atoms with Gasteiger partial charge in [-0.2, -0.15) is 0 Å². The molecule has 0 unspecified atom stereocenters. The number of aromatic carboxylic acids is 1. The number of carbonyl (C=O) groups excluding carboxylic acids is 1. The first-order chi connectivity index (χ1) is 13.9. The molecule has 7 nitrogen and oxygen atoms in total. The van der Waals surface area contributed by atoms with Gasteiger partial charge >= 0.3 is 5.97 Å². The van der Waals surface area contributed by atoms with Gasteiger partial charge in [-0.05, 0) is 30.7 Å². The molecule has 0 bridgehead atoms. The van der Waals surface area contributed by atoms with Crippen LogP contribution in [0.15, 0.2) is 30.3 Å². The van der Waals surface area contributed by atoms with Crippen LogP contribution in [0, 0.1) is 0 Å². The lowest BCUT2D eigenvalue weighted by atomic mass is 10.00. The fourth-order valence-electron chi connectivity index (χ4n) is 2.87. The Balaban J connectivity index is 1.93. The molecule has 0 amide bonds. The minimum atomic E-state index is -1.21. The number of carbonyl (C=O) groups is 2. The fraction of sp³-hybridized carbons (Fsp3) is 0.364. The van der Waals surface area contributed by atoms with Crippen LogP contribution in [0.2, 0.25) is 0 Å². The Morgan fingerprint density at radius 2 is 1.66 bits per heavy atom. The highest BCUT2D eigenvalue weighted by Gasteiger charge is 2.17. The molecular weight excluding hydrogens is 376 g/mol. The standard InChI is InChI=1S/C22H26O7/c1-3-6-17-20(10-9-15(21(17)25)18(23)4-2)29-12-5-11-28-14-7-8-16(22(26)27)19(24)13-14/h7-10,13,24-25H,3-6,11-12H2,1-2H3,(H,26,27). The van der Waals surface area contributed by atoms with Crippen LogP contribution in [-0.2, 0) is 6.42 Å². The van der Waals surface area contributed by atoms with E-state index < -0.39 is 5.97 Å². The molecule has 3 N–H and O–H groups in total. The van der Waals surface area contributed by atoms with Gasteiger partial charge in [0, 0.05) is 24.5 Å². The molecule has 2 aromatic carbocycles. The van der Waals surface area contributed by atoms with Crippen molar-refractivity contribution in [1.29, 1.82) is 0 Å². The van der Waals surface area contributed by atoms with Gasteiger partial charge in [0.25, 0.3) is 0 Å². The van der Waals surface area contributed by atoms with Gasteiger partial charge in [-0.15, -0.1) is 0 Å². The van der Waals surface area contributed by atoms with Crippen LogP contribution in [0.1, 0.15) is 59.4 Å². The number of aromatic hydroxyl groups is 2. The summed E-state index contributed by atoms with van der Waals surface area (Å²) >= 11 is 0. The average Bonchev–Trinajstić information content (AvgIpc) is 2.69. The Hall–Kier alpha value is -3.22. The lowest BCUT2D eigenvalue weighted by Crippen LogP contribution is -2.08. The molecule has 0 spiro atoms. The van der Waals surface area contributed by atoms with Gasteiger partial charge in [-0.1, -0.05) is 20.3 Å². The molecule has 0 aliphatic carbocycles. The number of hydrogen-bond donors (Lipinski definition) is 3. The minimum absolute atomic E-state index is 0.0126. The molecule has 0 saturated carbocycles. The maximum atomic E-state index is 12.0. The van der Waals surface area contributed by atoms with E-state index in [1.54, 1.807) is 19.1 Å². The second-order valence-corrected chi connectivity index (χ2v) is 6.50. The molecule has 0 aromatic heterocycles. The highest BCUT2D eigenvalue weighted by Crippen LogP contribution is 2.33. The molecule has 156 valence electrons. The number of ether oxygens (including phenoxy) is 2. The van der Waals surface area contributed by atoms with E-state index in [0.29, 0.717) is 55.1 Å². The van der Waals surface area contributed by atoms with Gasteiger partial charge in [0.15, 0.2) is 5.78 Å². The first kappa shape index (κ1) is 22.1. The summed E-state index contributed by atoms with van der Waals surface area (Å²) in [5.41, 5.74) is 0.757. The zero-order chi connectivity index (χ0) is 21.4. The topological polar surface area (TPSA) is 113 Å². The Morgan fingerprint density at radius 1 is 0.966 bits per heavy atom. The summed E-state index contributed by atoms with van der Waals surface area (Å²) < 4.78 is 11.3. The summed E-state index contributed by atoms with van der Waals surface area (Å²) in [5, 5.41) is 29.0. The number of carboxylic acids is 1. The van der Waals surface area contributed by atoms with Crippen molar-refractivity contribution in [2.45, 2.75) is 39.5 Å². The second-order valence-electron chi connectivity index (χ2n) is 6.50. The number of rotatable bonds is 11. The lowest BCUT2D eigenvalue weighted by molar-refractivity contribution is 0.0693. The normalized spacial score (nSPS) is 10.6. The van der Waals surface area contributed by atoms with E-state index in [9.17, 15) is 19.8 Å². The molecule has 0 radical (unpaired) electrons. The SMILES string of the molecule is CCCc1c(OCCCOc2ccc(C(=O)O)c(O)c2)ccc(C(=O)CC)c1O. The molecule has 0 atom stereocenters. The van der Waals surface area contributed by atoms with E-state index in [4.69, 9.17) is 14.6 Å². The van der Waals surface area contributed by atoms with E-state index in [2.05, 4.69) is 0 Å². The molecule has 0 aliphatic heterocycles. The quantitative estimate of drug-likeness (QED) is 0.381. The van der Waals surface area contributed by atoms with Crippen molar-refractivity contribution in [3.8, 4) is 23.0 Å². The number of phenolic OH excluding ortho intramolecular Hbond substituents is 1. The van der Waals surface area contributed by atoms with Crippen molar-refractivity contribution in [2.24, 2.45) is 0 Å². The number of benzene rings is 2. The van der Waals surface area contributed by atoms with Gasteiger partial charge in [-0.25, -0.2) is 4.79 Å². The zero-order valence-corrected chi connectivity index (χ0v) is 16.6. The molecule has 0 aliphatic rings. The third-order valence-electron chi connectivity index (χ3n) is 4.38. The summed E-state index contributed by atoms with van der Waals surface area (Å²) in [5.74, 6) is -0.786. The molecule has 0 fully saturated rings. The summed E-state index contributed by atoms with van der Waals surface area (Å²) in [6.45, 7) is 4.36. The summed E-state index contributed by atoms with van der Waals surface area (Å²) in [6, 6.07) is 7.30. The molecular formula is C22H26O7. The maximum Gasteiger partial charge on any atom is 0.339 e.